The monoisotopic (exact) mass is 260 g/mol. The van der Waals surface area contributed by atoms with Crippen LogP contribution in [0.1, 0.15) is 44.1 Å². The first-order valence-corrected chi connectivity index (χ1v) is 7.26. The first kappa shape index (κ1) is 13.9. The summed E-state index contributed by atoms with van der Waals surface area (Å²) >= 11 is 0. The summed E-state index contributed by atoms with van der Waals surface area (Å²) in [7, 11) is 1.90. The van der Waals surface area contributed by atoms with Crippen molar-refractivity contribution in [2.45, 2.75) is 45.1 Å². The molecule has 1 fully saturated rings. The van der Waals surface area contributed by atoms with Gasteiger partial charge in [-0.3, -0.25) is 4.79 Å². The molecule has 3 heteroatoms. The fraction of sp³-hybridized carbons (Fsp3) is 0.562. The molecule has 0 saturated heterocycles. The van der Waals surface area contributed by atoms with Crippen molar-refractivity contribution in [1.82, 2.24) is 4.90 Å². The summed E-state index contributed by atoms with van der Waals surface area (Å²) in [6, 6.07) is 7.77. The Hall–Kier alpha value is -1.51. The molecule has 0 heterocycles. The molecule has 0 bridgehead atoms. The number of nitrogens with zero attached hydrogens (tertiary/aromatic N) is 1. The molecule has 2 rings (SSSR count). The summed E-state index contributed by atoms with van der Waals surface area (Å²) in [5, 5.41) is 0. The number of rotatable bonds is 3. The normalized spacial score (nSPS) is 16.9. The molecule has 0 spiro atoms. The zero-order chi connectivity index (χ0) is 13.7. The van der Waals surface area contributed by atoms with Gasteiger partial charge in [0.05, 0.1) is 0 Å². The highest BCUT2D eigenvalue weighted by molar-refractivity contribution is 5.78. The van der Waals surface area contributed by atoms with E-state index in [0.29, 0.717) is 12.5 Å². The SMILES string of the molecule is CN(Cc1cccc(N)c1)C(=O)C1CCCCCC1. The van der Waals surface area contributed by atoms with Gasteiger partial charge in [-0.15, -0.1) is 0 Å². The topological polar surface area (TPSA) is 46.3 Å². The van der Waals surface area contributed by atoms with Crippen LogP contribution in [0.3, 0.4) is 0 Å². The van der Waals surface area contributed by atoms with Crippen LogP contribution in [-0.4, -0.2) is 17.9 Å². The van der Waals surface area contributed by atoms with E-state index in [2.05, 4.69) is 0 Å². The molecule has 0 radical (unpaired) electrons. The molecular weight excluding hydrogens is 236 g/mol. The maximum atomic E-state index is 12.4. The van der Waals surface area contributed by atoms with Crippen LogP contribution in [0, 0.1) is 5.92 Å². The number of amides is 1. The van der Waals surface area contributed by atoms with Gasteiger partial charge in [-0.2, -0.15) is 0 Å². The lowest BCUT2D eigenvalue weighted by atomic mass is 9.98. The smallest absolute Gasteiger partial charge is 0.225 e. The highest BCUT2D eigenvalue weighted by Gasteiger charge is 2.23. The molecule has 3 nitrogen and oxygen atoms in total. The van der Waals surface area contributed by atoms with E-state index in [9.17, 15) is 4.79 Å². The fourth-order valence-corrected chi connectivity index (χ4v) is 2.88. The quantitative estimate of drug-likeness (QED) is 0.670. The first-order chi connectivity index (χ1) is 9.16. The number of carbonyl (C=O) groups excluding carboxylic acids is 1. The fourth-order valence-electron chi connectivity index (χ4n) is 2.88. The minimum atomic E-state index is 0.230. The van der Waals surface area contributed by atoms with Crippen LogP contribution in [0.4, 0.5) is 5.69 Å². The number of anilines is 1. The van der Waals surface area contributed by atoms with Crippen molar-refractivity contribution in [1.29, 1.82) is 0 Å². The average Bonchev–Trinajstić information content (AvgIpc) is 2.66. The molecule has 1 saturated carbocycles. The van der Waals surface area contributed by atoms with Gasteiger partial charge in [0, 0.05) is 25.2 Å². The largest absolute Gasteiger partial charge is 0.399 e. The van der Waals surface area contributed by atoms with Gasteiger partial charge in [0.25, 0.3) is 0 Å². The summed E-state index contributed by atoms with van der Waals surface area (Å²) < 4.78 is 0. The molecule has 1 amide bonds. The predicted octanol–water partition coefficient (Wildman–Crippen LogP) is 3.20. The molecule has 2 N–H and O–H groups in total. The Morgan fingerprint density at radius 2 is 1.95 bits per heavy atom. The molecule has 0 aliphatic heterocycles. The first-order valence-electron chi connectivity index (χ1n) is 7.26. The van der Waals surface area contributed by atoms with Crippen LogP contribution in [0.15, 0.2) is 24.3 Å². The molecule has 104 valence electrons. The maximum Gasteiger partial charge on any atom is 0.225 e. The highest BCUT2D eigenvalue weighted by atomic mass is 16.2. The van der Waals surface area contributed by atoms with E-state index in [1.54, 1.807) is 0 Å². The van der Waals surface area contributed by atoms with Gasteiger partial charge in [0.2, 0.25) is 5.91 Å². The minimum absolute atomic E-state index is 0.230. The predicted molar refractivity (Wildman–Crippen MR) is 78.5 cm³/mol. The lowest BCUT2D eigenvalue weighted by molar-refractivity contribution is -0.135. The zero-order valence-electron chi connectivity index (χ0n) is 11.8. The van der Waals surface area contributed by atoms with E-state index in [0.717, 1.165) is 24.1 Å². The highest BCUT2D eigenvalue weighted by Crippen LogP contribution is 2.24. The van der Waals surface area contributed by atoms with E-state index in [1.165, 1.54) is 25.7 Å². The number of nitrogen functional groups attached to an aromatic ring is 1. The minimum Gasteiger partial charge on any atom is -0.399 e. The second-order valence-corrected chi connectivity index (χ2v) is 5.63. The van der Waals surface area contributed by atoms with E-state index < -0.39 is 0 Å². The summed E-state index contributed by atoms with van der Waals surface area (Å²) in [6.45, 7) is 0.653. The second-order valence-electron chi connectivity index (χ2n) is 5.63. The third-order valence-corrected chi connectivity index (χ3v) is 3.95. The van der Waals surface area contributed by atoms with Crippen molar-refractivity contribution in [2.24, 2.45) is 5.92 Å². The molecular formula is C16H24N2O. The summed E-state index contributed by atoms with van der Waals surface area (Å²) in [5.41, 5.74) is 7.63. The standard InChI is InChI=1S/C16H24N2O/c1-18(12-13-7-6-10-15(17)11-13)16(19)14-8-4-2-3-5-9-14/h6-7,10-11,14H,2-5,8-9,12,17H2,1H3. The van der Waals surface area contributed by atoms with Crippen LogP contribution in [-0.2, 0) is 11.3 Å². The van der Waals surface area contributed by atoms with Crippen molar-refractivity contribution < 1.29 is 4.79 Å². The van der Waals surface area contributed by atoms with Gasteiger partial charge in [0.1, 0.15) is 0 Å². The molecule has 1 aliphatic carbocycles. The lowest BCUT2D eigenvalue weighted by Crippen LogP contribution is -2.32. The Labute approximate surface area is 115 Å². The van der Waals surface area contributed by atoms with Gasteiger partial charge in [-0.25, -0.2) is 0 Å². The molecule has 1 aromatic carbocycles. The summed E-state index contributed by atoms with van der Waals surface area (Å²) in [5.74, 6) is 0.526. The second kappa shape index (κ2) is 6.60. The molecule has 1 aromatic rings. The van der Waals surface area contributed by atoms with E-state index in [4.69, 9.17) is 5.73 Å². The van der Waals surface area contributed by atoms with Crippen LogP contribution in [0.5, 0.6) is 0 Å². The van der Waals surface area contributed by atoms with Crippen molar-refractivity contribution in [3.63, 3.8) is 0 Å². The number of nitrogens with two attached hydrogens (primary N) is 1. The van der Waals surface area contributed by atoms with E-state index in [1.807, 2.05) is 36.2 Å². The van der Waals surface area contributed by atoms with Crippen LogP contribution in [0.2, 0.25) is 0 Å². The molecule has 0 aromatic heterocycles. The van der Waals surface area contributed by atoms with Crippen LogP contribution >= 0.6 is 0 Å². The Morgan fingerprint density at radius 1 is 1.26 bits per heavy atom. The maximum absolute atomic E-state index is 12.4. The summed E-state index contributed by atoms with van der Waals surface area (Å²) in [4.78, 5) is 14.3. The van der Waals surface area contributed by atoms with Gasteiger partial charge in [0.15, 0.2) is 0 Å². The van der Waals surface area contributed by atoms with Gasteiger partial charge in [-0.05, 0) is 30.5 Å². The molecule has 0 unspecified atom stereocenters. The van der Waals surface area contributed by atoms with Gasteiger partial charge < -0.3 is 10.6 Å². The number of hydrogen-bond acceptors (Lipinski definition) is 2. The van der Waals surface area contributed by atoms with Crippen molar-refractivity contribution in [3.8, 4) is 0 Å². The zero-order valence-corrected chi connectivity index (χ0v) is 11.8. The van der Waals surface area contributed by atoms with Crippen molar-refractivity contribution in [2.75, 3.05) is 12.8 Å². The van der Waals surface area contributed by atoms with E-state index in [-0.39, 0.29) is 5.92 Å². The third kappa shape index (κ3) is 3.98. The molecule has 1 aliphatic rings. The number of benzene rings is 1. The Kier molecular flexibility index (Phi) is 4.83. The van der Waals surface area contributed by atoms with E-state index >= 15 is 0 Å². The summed E-state index contributed by atoms with van der Waals surface area (Å²) in [6.07, 6.45) is 7.07. The Bertz CT molecular complexity index is 423. The van der Waals surface area contributed by atoms with Crippen LogP contribution < -0.4 is 5.73 Å². The molecule has 19 heavy (non-hydrogen) atoms. The Balaban J connectivity index is 1.94. The number of hydrogen-bond donors (Lipinski definition) is 1. The van der Waals surface area contributed by atoms with Gasteiger partial charge in [-0.1, -0.05) is 37.8 Å². The van der Waals surface area contributed by atoms with Crippen molar-refractivity contribution >= 4 is 11.6 Å². The molecule has 0 atom stereocenters. The average molecular weight is 260 g/mol. The van der Waals surface area contributed by atoms with Crippen molar-refractivity contribution in [3.05, 3.63) is 29.8 Å². The Morgan fingerprint density at radius 3 is 2.58 bits per heavy atom. The van der Waals surface area contributed by atoms with Gasteiger partial charge >= 0.3 is 0 Å². The third-order valence-electron chi connectivity index (χ3n) is 3.95. The van der Waals surface area contributed by atoms with Crippen LogP contribution in [0.25, 0.3) is 0 Å². The lowest BCUT2D eigenvalue weighted by Gasteiger charge is -2.23. The number of carbonyl (C=O) groups is 1.